The molecule has 0 unspecified atom stereocenters. The van der Waals surface area contributed by atoms with Crippen LogP contribution in [0.1, 0.15) is 47.0 Å². The molecule has 0 spiro atoms. The standard InChI is InChI=1S/C13H28N2/c1-11(2)15(12(3)4)10-7-13-5-8-14-9-6-13/h11-14H,5-10H2,1-4H3. The fourth-order valence-electron chi connectivity index (χ4n) is 2.61. The van der Waals surface area contributed by atoms with Gasteiger partial charge in [-0.1, -0.05) is 0 Å². The molecule has 0 atom stereocenters. The van der Waals surface area contributed by atoms with Gasteiger partial charge in [0.2, 0.25) is 0 Å². The molecule has 1 aliphatic rings. The Balaban J connectivity index is 2.26. The molecule has 1 fully saturated rings. The predicted octanol–water partition coefficient (Wildman–Crippen LogP) is 2.49. The van der Waals surface area contributed by atoms with Crippen LogP contribution in [-0.4, -0.2) is 36.6 Å². The highest BCUT2D eigenvalue weighted by atomic mass is 15.2. The van der Waals surface area contributed by atoms with Crippen LogP contribution >= 0.6 is 0 Å². The van der Waals surface area contributed by atoms with Crippen molar-refractivity contribution in [2.75, 3.05) is 19.6 Å². The molecule has 0 aromatic rings. The summed E-state index contributed by atoms with van der Waals surface area (Å²) >= 11 is 0. The molecule has 15 heavy (non-hydrogen) atoms. The zero-order chi connectivity index (χ0) is 11.3. The van der Waals surface area contributed by atoms with Crippen molar-refractivity contribution in [2.45, 2.75) is 59.0 Å². The van der Waals surface area contributed by atoms with Gasteiger partial charge in [0.25, 0.3) is 0 Å². The molecular weight excluding hydrogens is 184 g/mol. The van der Waals surface area contributed by atoms with E-state index in [0.29, 0.717) is 12.1 Å². The molecule has 1 N–H and O–H groups in total. The summed E-state index contributed by atoms with van der Waals surface area (Å²) in [4.78, 5) is 2.61. The second-order valence-electron chi connectivity index (χ2n) is 5.41. The highest BCUT2D eigenvalue weighted by Crippen LogP contribution is 2.17. The average Bonchev–Trinajstić information content (AvgIpc) is 2.18. The third kappa shape index (κ3) is 4.52. The summed E-state index contributed by atoms with van der Waals surface area (Å²) in [5, 5.41) is 3.43. The van der Waals surface area contributed by atoms with Crippen molar-refractivity contribution in [3.8, 4) is 0 Å². The van der Waals surface area contributed by atoms with Crippen molar-refractivity contribution in [1.82, 2.24) is 10.2 Å². The molecule has 1 saturated heterocycles. The summed E-state index contributed by atoms with van der Waals surface area (Å²) in [7, 11) is 0. The second kappa shape index (κ2) is 6.49. The van der Waals surface area contributed by atoms with Crippen molar-refractivity contribution in [1.29, 1.82) is 0 Å². The molecule has 0 aromatic carbocycles. The van der Waals surface area contributed by atoms with Gasteiger partial charge < -0.3 is 5.32 Å². The first-order valence-corrected chi connectivity index (χ1v) is 6.57. The monoisotopic (exact) mass is 212 g/mol. The Kier molecular flexibility index (Phi) is 5.62. The lowest BCUT2D eigenvalue weighted by molar-refractivity contribution is 0.157. The zero-order valence-corrected chi connectivity index (χ0v) is 10.9. The van der Waals surface area contributed by atoms with E-state index in [0.717, 1.165) is 5.92 Å². The van der Waals surface area contributed by atoms with Gasteiger partial charge in [-0.3, -0.25) is 4.90 Å². The van der Waals surface area contributed by atoms with Crippen molar-refractivity contribution in [3.63, 3.8) is 0 Å². The first-order valence-electron chi connectivity index (χ1n) is 6.57. The van der Waals surface area contributed by atoms with Crippen LogP contribution in [0.3, 0.4) is 0 Å². The lowest BCUT2D eigenvalue weighted by Crippen LogP contribution is -2.39. The molecule has 0 radical (unpaired) electrons. The fraction of sp³-hybridized carbons (Fsp3) is 1.00. The smallest absolute Gasteiger partial charge is 0.00412 e. The molecule has 0 amide bonds. The maximum atomic E-state index is 3.43. The normalized spacial score (nSPS) is 19.4. The van der Waals surface area contributed by atoms with Crippen LogP contribution in [0.4, 0.5) is 0 Å². The van der Waals surface area contributed by atoms with Crippen LogP contribution in [0.5, 0.6) is 0 Å². The molecule has 2 heteroatoms. The number of piperidine rings is 1. The molecule has 2 nitrogen and oxygen atoms in total. The molecule has 0 bridgehead atoms. The number of hydrogen-bond acceptors (Lipinski definition) is 2. The minimum atomic E-state index is 0.687. The topological polar surface area (TPSA) is 15.3 Å². The molecule has 0 aromatic heterocycles. The summed E-state index contributed by atoms with van der Waals surface area (Å²) in [6, 6.07) is 1.37. The van der Waals surface area contributed by atoms with Crippen LogP contribution in [0.25, 0.3) is 0 Å². The first kappa shape index (κ1) is 13.0. The summed E-state index contributed by atoms with van der Waals surface area (Å²) in [5.41, 5.74) is 0. The minimum Gasteiger partial charge on any atom is -0.317 e. The van der Waals surface area contributed by atoms with Gasteiger partial charge in [-0.05, 0) is 72.5 Å². The lowest BCUT2D eigenvalue weighted by Gasteiger charge is -2.32. The van der Waals surface area contributed by atoms with Gasteiger partial charge in [-0.15, -0.1) is 0 Å². The number of nitrogens with one attached hydrogen (secondary N) is 1. The van der Waals surface area contributed by atoms with E-state index in [1.807, 2.05) is 0 Å². The largest absolute Gasteiger partial charge is 0.317 e. The average molecular weight is 212 g/mol. The van der Waals surface area contributed by atoms with Crippen molar-refractivity contribution in [2.24, 2.45) is 5.92 Å². The van der Waals surface area contributed by atoms with Gasteiger partial charge >= 0.3 is 0 Å². The van der Waals surface area contributed by atoms with Gasteiger partial charge in [0.15, 0.2) is 0 Å². The van der Waals surface area contributed by atoms with E-state index < -0.39 is 0 Å². The number of rotatable bonds is 5. The van der Waals surface area contributed by atoms with E-state index in [4.69, 9.17) is 0 Å². The van der Waals surface area contributed by atoms with E-state index in [1.54, 1.807) is 0 Å². The van der Waals surface area contributed by atoms with Gasteiger partial charge in [-0.2, -0.15) is 0 Å². The molecule has 1 aliphatic heterocycles. The van der Waals surface area contributed by atoms with Crippen LogP contribution in [0, 0.1) is 5.92 Å². The molecular formula is C13H28N2. The van der Waals surface area contributed by atoms with Gasteiger partial charge in [0, 0.05) is 12.1 Å². The van der Waals surface area contributed by atoms with Crippen molar-refractivity contribution in [3.05, 3.63) is 0 Å². The summed E-state index contributed by atoms with van der Waals surface area (Å²) in [6.07, 6.45) is 4.14. The van der Waals surface area contributed by atoms with E-state index in [9.17, 15) is 0 Å². The predicted molar refractivity (Wildman–Crippen MR) is 67.2 cm³/mol. The minimum absolute atomic E-state index is 0.687. The number of hydrogen-bond donors (Lipinski definition) is 1. The third-order valence-electron chi connectivity index (χ3n) is 3.58. The Morgan fingerprint density at radius 3 is 2.07 bits per heavy atom. The van der Waals surface area contributed by atoms with Gasteiger partial charge in [0.1, 0.15) is 0 Å². The van der Waals surface area contributed by atoms with E-state index in [2.05, 4.69) is 37.9 Å². The quantitative estimate of drug-likeness (QED) is 0.753. The van der Waals surface area contributed by atoms with Crippen LogP contribution in [0.15, 0.2) is 0 Å². The molecule has 0 aliphatic carbocycles. The van der Waals surface area contributed by atoms with Crippen molar-refractivity contribution < 1.29 is 0 Å². The van der Waals surface area contributed by atoms with Crippen LogP contribution in [0.2, 0.25) is 0 Å². The molecule has 1 rings (SSSR count). The zero-order valence-electron chi connectivity index (χ0n) is 10.9. The van der Waals surface area contributed by atoms with Crippen LogP contribution < -0.4 is 5.32 Å². The Morgan fingerprint density at radius 2 is 1.60 bits per heavy atom. The third-order valence-corrected chi connectivity index (χ3v) is 3.58. The Bertz CT molecular complexity index is 152. The van der Waals surface area contributed by atoms with E-state index >= 15 is 0 Å². The molecule has 90 valence electrons. The summed E-state index contributed by atoms with van der Waals surface area (Å²) < 4.78 is 0. The summed E-state index contributed by atoms with van der Waals surface area (Å²) in [5.74, 6) is 0.964. The molecule has 1 heterocycles. The Hall–Kier alpha value is -0.0800. The second-order valence-corrected chi connectivity index (χ2v) is 5.41. The van der Waals surface area contributed by atoms with Gasteiger partial charge in [-0.25, -0.2) is 0 Å². The highest BCUT2D eigenvalue weighted by molar-refractivity contribution is 4.73. The molecule has 0 saturated carbocycles. The SMILES string of the molecule is CC(C)N(CCC1CCNCC1)C(C)C. The lowest BCUT2D eigenvalue weighted by atomic mass is 9.94. The van der Waals surface area contributed by atoms with Crippen LogP contribution in [-0.2, 0) is 0 Å². The van der Waals surface area contributed by atoms with E-state index in [1.165, 1.54) is 38.9 Å². The van der Waals surface area contributed by atoms with Gasteiger partial charge in [0.05, 0.1) is 0 Å². The fourth-order valence-corrected chi connectivity index (χ4v) is 2.61. The maximum Gasteiger partial charge on any atom is 0.00412 e. The maximum absolute atomic E-state index is 3.43. The summed E-state index contributed by atoms with van der Waals surface area (Å²) in [6.45, 7) is 13.0. The highest BCUT2D eigenvalue weighted by Gasteiger charge is 2.17. The first-order chi connectivity index (χ1) is 7.11. The number of nitrogens with zero attached hydrogens (tertiary/aromatic N) is 1. The van der Waals surface area contributed by atoms with Crippen molar-refractivity contribution >= 4 is 0 Å². The Labute approximate surface area is 95.4 Å². The van der Waals surface area contributed by atoms with E-state index in [-0.39, 0.29) is 0 Å². The Morgan fingerprint density at radius 1 is 1.07 bits per heavy atom.